The predicted octanol–water partition coefficient (Wildman–Crippen LogP) is 2.60. The van der Waals surface area contributed by atoms with Gasteiger partial charge in [0, 0.05) is 33.5 Å². The molecule has 24 heavy (non-hydrogen) atoms. The summed E-state index contributed by atoms with van der Waals surface area (Å²) in [6.45, 7) is 6.32. The molecule has 1 aromatic rings. The van der Waals surface area contributed by atoms with Crippen molar-refractivity contribution in [2.24, 2.45) is 5.73 Å². The third-order valence-corrected chi connectivity index (χ3v) is 5.80. The summed E-state index contributed by atoms with van der Waals surface area (Å²) in [6, 6.07) is 7.49. The molecule has 1 fully saturated rings. The largest absolute Gasteiger partial charge is 0.364 e. The number of carbonyl (C=O) groups excluding carboxylic acids is 1. The van der Waals surface area contributed by atoms with Gasteiger partial charge in [0.1, 0.15) is 6.10 Å². The first kappa shape index (κ1) is 21.1. The van der Waals surface area contributed by atoms with Crippen LogP contribution in [0.2, 0.25) is 0 Å². The van der Waals surface area contributed by atoms with Crippen molar-refractivity contribution in [1.29, 1.82) is 0 Å². The fraction of sp³-hybridized carbons (Fsp3) is 0.588. The van der Waals surface area contributed by atoms with Gasteiger partial charge in [-0.25, -0.2) is 0 Å². The topological polar surface area (TPSA) is 81.4 Å². The number of ether oxygens (including phenoxy) is 1. The van der Waals surface area contributed by atoms with E-state index in [4.69, 9.17) is 10.5 Å². The Hall–Kier alpha value is -0.950. The highest BCUT2D eigenvalue weighted by Crippen LogP contribution is 2.22. The molecule has 1 amide bonds. The van der Waals surface area contributed by atoms with Crippen LogP contribution in [0.15, 0.2) is 24.3 Å². The average molecular weight is 375 g/mol. The Bertz CT molecular complexity index is 589. The zero-order valence-corrected chi connectivity index (χ0v) is 16.0. The lowest BCUT2D eigenvalue weighted by Gasteiger charge is -2.18. The molecule has 3 atom stereocenters. The molecular formula is C17H27ClN2O3S. The van der Waals surface area contributed by atoms with E-state index in [1.807, 2.05) is 45.0 Å². The minimum Gasteiger partial charge on any atom is -0.364 e. The average Bonchev–Trinajstić information content (AvgIpc) is 2.95. The van der Waals surface area contributed by atoms with Crippen LogP contribution in [-0.4, -0.2) is 33.6 Å². The summed E-state index contributed by atoms with van der Waals surface area (Å²) in [4.78, 5) is 12.2. The standard InChI is InChI=1S/C17H26N2O3S.ClH/c1-17(2,3)23(21)11-12-5-4-6-13(9-12)19-16(20)15-8-7-14(10-18)22-15;/h4-6,9,14-15H,7-8,10-11,18H2,1-3H3,(H,19,20);1H/t14-,15+,23?;/m1./s1. The van der Waals surface area contributed by atoms with Gasteiger partial charge in [0.2, 0.25) is 0 Å². The Balaban J connectivity index is 0.00000288. The number of benzene rings is 1. The maximum atomic E-state index is 12.2. The molecule has 136 valence electrons. The van der Waals surface area contributed by atoms with Gasteiger partial charge in [0.25, 0.3) is 5.91 Å². The predicted molar refractivity (Wildman–Crippen MR) is 101 cm³/mol. The van der Waals surface area contributed by atoms with Crippen LogP contribution in [0.1, 0.15) is 39.2 Å². The van der Waals surface area contributed by atoms with Crippen LogP contribution in [0.3, 0.4) is 0 Å². The Labute approximate surface area is 152 Å². The zero-order chi connectivity index (χ0) is 17.0. The molecule has 0 aliphatic carbocycles. The van der Waals surface area contributed by atoms with Crippen LogP contribution in [0.5, 0.6) is 0 Å². The maximum absolute atomic E-state index is 12.2. The van der Waals surface area contributed by atoms with E-state index in [1.54, 1.807) is 0 Å². The van der Waals surface area contributed by atoms with Crippen molar-refractivity contribution in [2.45, 2.75) is 56.3 Å². The van der Waals surface area contributed by atoms with E-state index in [0.717, 1.165) is 12.0 Å². The third kappa shape index (κ3) is 5.84. The monoisotopic (exact) mass is 374 g/mol. The van der Waals surface area contributed by atoms with Gasteiger partial charge in [0.15, 0.2) is 0 Å². The summed E-state index contributed by atoms with van der Waals surface area (Å²) in [5.74, 6) is 0.331. The van der Waals surface area contributed by atoms with Gasteiger partial charge in [-0.2, -0.15) is 0 Å². The molecule has 1 unspecified atom stereocenters. The fourth-order valence-electron chi connectivity index (χ4n) is 2.40. The van der Waals surface area contributed by atoms with Gasteiger partial charge >= 0.3 is 0 Å². The molecule has 1 aliphatic rings. The lowest BCUT2D eigenvalue weighted by molar-refractivity contribution is -0.126. The smallest absolute Gasteiger partial charge is 0.253 e. The Kier molecular flexibility index (Phi) is 7.86. The van der Waals surface area contributed by atoms with Crippen molar-refractivity contribution in [3.05, 3.63) is 29.8 Å². The summed E-state index contributed by atoms with van der Waals surface area (Å²) >= 11 is 0. The van der Waals surface area contributed by atoms with E-state index in [-0.39, 0.29) is 29.2 Å². The molecule has 0 bridgehead atoms. The number of rotatable bonds is 5. The van der Waals surface area contributed by atoms with E-state index < -0.39 is 16.9 Å². The lowest BCUT2D eigenvalue weighted by Crippen LogP contribution is -2.29. The Morgan fingerprint density at radius 3 is 2.67 bits per heavy atom. The summed E-state index contributed by atoms with van der Waals surface area (Å²) in [7, 11) is -0.969. The molecule has 1 aromatic carbocycles. The van der Waals surface area contributed by atoms with Crippen LogP contribution < -0.4 is 11.1 Å². The normalized spacial score (nSPS) is 21.8. The molecule has 0 spiro atoms. The molecule has 2 rings (SSSR count). The summed E-state index contributed by atoms with van der Waals surface area (Å²) in [5.41, 5.74) is 7.22. The molecule has 3 N–H and O–H groups in total. The first-order valence-electron chi connectivity index (χ1n) is 7.93. The number of anilines is 1. The molecule has 7 heteroatoms. The van der Waals surface area contributed by atoms with Crippen LogP contribution in [-0.2, 0) is 26.1 Å². The number of hydrogen-bond donors (Lipinski definition) is 2. The summed E-state index contributed by atoms with van der Waals surface area (Å²) in [6.07, 6.45) is 1.06. The van der Waals surface area contributed by atoms with Gasteiger partial charge in [0.05, 0.1) is 6.10 Å². The number of nitrogens with one attached hydrogen (secondary N) is 1. The van der Waals surface area contributed by atoms with Gasteiger partial charge in [-0.1, -0.05) is 12.1 Å². The third-order valence-electron chi connectivity index (χ3n) is 3.84. The molecule has 1 saturated heterocycles. The molecular weight excluding hydrogens is 348 g/mol. The van der Waals surface area contributed by atoms with Crippen molar-refractivity contribution >= 4 is 34.8 Å². The number of nitrogens with two attached hydrogens (primary N) is 1. The maximum Gasteiger partial charge on any atom is 0.253 e. The van der Waals surface area contributed by atoms with Gasteiger partial charge in [-0.05, 0) is 51.3 Å². The number of halogens is 1. The molecule has 1 heterocycles. The second-order valence-corrected chi connectivity index (χ2v) is 9.06. The minimum atomic E-state index is -0.969. The first-order valence-corrected chi connectivity index (χ1v) is 9.25. The van der Waals surface area contributed by atoms with Gasteiger partial charge in [-0.3, -0.25) is 9.00 Å². The van der Waals surface area contributed by atoms with Crippen LogP contribution in [0.4, 0.5) is 5.69 Å². The molecule has 5 nitrogen and oxygen atoms in total. The Morgan fingerprint density at radius 1 is 1.38 bits per heavy atom. The van der Waals surface area contributed by atoms with Crippen molar-refractivity contribution in [1.82, 2.24) is 0 Å². The number of carbonyl (C=O) groups is 1. The second kappa shape index (κ2) is 8.94. The van der Waals surface area contributed by atoms with E-state index >= 15 is 0 Å². The zero-order valence-electron chi connectivity index (χ0n) is 14.4. The first-order chi connectivity index (χ1) is 10.8. The van der Waals surface area contributed by atoms with E-state index in [1.165, 1.54) is 0 Å². The second-order valence-electron chi connectivity index (χ2n) is 6.85. The highest BCUT2D eigenvalue weighted by atomic mass is 35.5. The quantitative estimate of drug-likeness (QED) is 0.830. The number of amides is 1. The van der Waals surface area contributed by atoms with E-state index in [0.29, 0.717) is 24.4 Å². The van der Waals surface area contributed by atoms with Crippen LogP contribution in [0.25, 0.3) is 0 Å². The van der Waals surface area contributed by atoms with Crippen molar-refractivity contribution < 1.29 is 13.7 Å². The minimum absolute atomic E-state index is 0. The van der Waals surface area contributed by atoms with Gasteiger partial charge in [-0.15, -0.1) is 12.4 Å². The molecule has 0 radical (unpaired) electrons. The molecule has 0 aromatic heterocycles. The van der Waals surface area contributed by atoms with Crippen LogP contribution >= 0.6 is 12.4 Å². The van der Waals surface area contributed by atoms with E-state index in [2.05, 4.69) is 5.32 Å². The summed E-state index contributed by atoms with van der Waals surface area (Å²) < 4.78 is 17.6. The summed E-state index contributed by atoms with van der Waals surface area (Å²) in [5, 5.41) is 2.88. The molecule has 0 saturated carbocycles. The highest BCUT2D eigenvalue weighted by Gasteiger charge is 2.29. The highest BCUT2D eigenvalue weighted by molar-refractivity contribution is 7.85. The van der Waals surface area contributed by atoms with Gasteiger partial charge < -0.3 is 15.8 Å². The molecule has 1 aliphatic heterocycles. The fourth-order valence-corrected chi connectivity index (χ4v) is 3.32. The van der Waals surface area contributed by atoms with Crippen molar-refractivity contribution in [3.63, 3.8) is 0 Å². The Morgan fingerprint density at radius 2 is 2.08 bits per heavy atom. The van der Waals surface area contributed by atoms with Crippen molar-refractivity contribution in [3.8, 4) is 0 Å². The SMILES string of the molecule is CC(C)(C)S(=O)Cc1cccc(NC(=O)[C@@H]2CC[C@H](CN)O2)c1.Cl. The van der Waals surface area contributed by atoms with Crippen LogP contribution in [0, 0.1) is 0 Å². The van der Waals surface area contributed by atoms with Crippen molar-refractivity contribution in [2.75, 3.05) is 11.9 Å². The number of hydrogen-bond acceptors (Lipinski definition) is 4. The van der Waals surface area contributed by atoms with E-state index in [9.17, 15) is 9.00 Å². The lowest BCUT2D eigenvalue weighted by atomic mass is 10.1.